The number of amides is 1. The Bertz CT molecular complexity index is 1660. The summed E-state index contributed by atoms with van der Waals surface area (Å²) in [6.07, 6.45) is 1.33. The van der Waals surface area contributed by atoms with Crippen LogP contribution in [0, 0.1) is 22.7 Å². The van der Waals surface area contributed by atoms with Crippen molar-refractivity contribution in [3.63, 3.8) is 0 Å². The highest BCUT2D eigenvalue weighted by atomic mass is 16.5. The Hall–Kier alpha value is -4.91. The van der Waals surface area contributed by atoms with Gasteiger partial charge in [-0.3, -0.25) is 13.9 Å². The number of hydrogen-bond donors (Lipinski definition) is 2. The fourth-order valence-electron chi connectivity index (χ4n) is 4.31. The molecular weight excluding hydrogens is 506 g/mol. The molecule has 0 saturated heterocycles. The number of para-hydroxylation sites is 1. The van der Waals surface area contributed by atoms with Crippen LogP contribution in [0.25, 0.3) is 16.9 Å². The highest BCUT2D eigenvalue weighted by Gasteiger charge is 2.26. The van der Waals surface area contributed by atoms with Gasteiger partial charge in [0.05, 0.1) is 17.7 Å². The van der Waals surface area contributed by atoms with Gasteiger partial charge in [-0.25, -0.2) is 14.8 Å². The Balaban J connectivity index is 1.62. The van der Waals surface area contributed by atoms with Gasteiger partial charge < -0.3 is 15.8 Å². The lowest BCUT2D eigenvalue weighted by Gasteiger charge is -2.25. The van der Waals surface area contributed by atoms with Crippen molar-refractivity contribution < 1.29 is 9.53 Å². The molecule has 2 aromatic carbocycles. The first-order valence-electron chi connectivity index (χ1n) is 12.9. The van der Waals surface area contributed by atoms with Gasteiger partial charge >= 0.3 is 5.69 Å². The molecule has 0 bridgehead atoms. The molecule has 206 valence electrons. The van der Waals surface area contributed by atoms with Crippen molar-refractivity contribution in [1.82, 2.24) is 24.4 Å². The maximum absolute atomic E-state index is 13.8. The predicted molar refractivity (Wildman–Crippen MR) is 154 cm³/mol. The maximum atomic E-state index is 13.8. The summed E-state index contributed by atoms with van der Waals surface area (Å²) >= 11 is 0. The molecule has 0 saturated carbocycles. The number of hydrogen-bond acceptors (Lipinski definition) is 7. The molecule has 4 aromatic rings. The van der Waals surface area contributed by atoms with Crippen molar-refractivity contribution in [2.45, 2.75) is 41.2 Å². The smallest absolute Gasteiger partial charge is 0.335 e. The molecule has 2 heterocycles. The summed E-state index contributed by atoms with van der Waals surface area (Å²) in [4.78, 5) is 35.0. The second-order valence-electron chi connectivity index (χ2n) is 10.5. The van der Waals surface area contributed by atoms with Crippen LogP contribution in [0.15, 0.2) is 76.9 Å². The van der Waals surface area contributed by atoms with E-state index in [4.69, 9.17) is 10.5 Å². The minimum Gasteiger partial charge on any atom is -0.457 e. The third-order valence-electron chi connectivity index (χ3n) is 6.90. The monoisotopic (exact) mass is 539 g/mol. The first-order chi connectivity index (χ1) is 19.0. The summed E-state index contributed by atoms with van der Waals surface area (Å²) in [5.74, 6) is 0.909. The molecule has 0 aliphatic heterocycles. The van der Waals surface area contributed by atoms with Gasteiger partial charge in [-0.05, 0) is 62.7 Å². The molecule has 0 radical (unpaired) electrons. The highest BCUT2D eigenvalue weighted by Crippen LogP contribution is 2.26. The molecule has 0 spiro atoms. The van der Waals surface area contributed by atoms with E-state index >= 15 is 0 Å². The summed E-state index contributed by atoms with van der Waals surface area (Å²) in [6, 6.07) is 18.7. The number of nitriles is 1. The Morgan fingerprint density at radius 2 is 1.75 bits per heavy atom. The van der Waals surface area contributed by atoms with Crippen LogP contribution in [0.5, 0.6) is 11.5 Å². The lowest BCUT2D eigenvalue weighted by Crippen LogP contribution is -2.39. The lowest BCUT2D eigenvalue weighted by molar-refractivity contribution is -0.118. The Kier molecular flexibility index (Phi) is 8.05. The van der Waals surface area contributed by atoms with Gasteiger partial charge in [0.15, 0.2) is 11.5 Å². The number of ether oxygens (including phenoxy) is 1. The number of nitrogens with two attached hydrogens (primary N) is 1. The van der Waals surface area contributed by atoms with E-state index in [-0.39, 0.29) is 29.9 Å². The van der Waals surface area contributed by atoms with Crippen molar-refractivity contribution >= 4 is 22.9 Å². The van der Waals surface area contributed by atoms with Crippen LogP contribution in [0.3, 0.4) is 0 Å². The Morgan fingerprint density at radius 3 is 2.40 bits per heavy atom. The zero-order chi connectivity index (χ0) is 29.0. The van der Waals surface area contributed by atoms with Crippen LogP contribution >= 0.6 is 0 Å². The molecule has 1 unspecified atom stereocenters. The van der Waals surface area contributed by atoms with Crippen molar-refractivity contribution in [3.05, 3.63) is 82.6 Å². The SMILES string of the molecule is CC(C(=O)NCC(C)(C)Cn1c(=O)n(-c2ccc(Oc3ccccc3)cc2)c2c(N)ncnc21)=C(C)C(C)C#N. The zero-order valence-electron chi connectivity index (χ0n) is 23.3. The van der Waals surface area contributed by atoms with Gasteiger partial charge in [-0.15, -0.1) is 0 Å². The van der Waals surface area contributed by atoms with Crippen molar-refractivity contribution in [2.24, 2.45) is 11.3 Å². The van der Waals surface area contributed by atoms with Gasteiger partial charge in [-0.1, -0.05) is 32.0 Å². The van der Waals surface area contributed by atoms with Crippen LogP contribution in [-0.4, -0.2) is 31.6 Å². The number of aromatic nitrogens is 4. The third-order valence-corrected chi connectivity index (χ3v) is 6.90. The number of nitrogens with zero attached hydrogens (tertiary/aromatic N) is 5. The maximum Gasteiger partial charge on any atom is 0.335 e. The van der Waals surface area contributed by atoms with Crippen LogP contribution in [0.1, 0.15) is 34.6 Å². The van der Waals surface area contributed by atoms with E-state index in [1.54, 1.807) is 49.6 Å². The Morgan fingerprint density at radius 1 is 1.10 bits per heavy atom. The molecule has 2 aromatic heterocycles. The van der Waals surface area contributed by atoms with Gasteiger partial charge in [0.2, 0.25) is 5.91 Å². The molecule has 4 rings (SSSR count). The number of imidazole rings is 1. The van der Waals surface area contributed by atoms with E-state index in [1.165, 1.54) is 10.9 Å². The number of carbonyl (C=O) groups excluding carboxylic acids is 1. The summed E-state index contributed by atoms with van der Waals surface area (Å²) in [5, 5.41) is 12.1. The summed E-state index contributed by atoms with van der Waals surface area (Å²) in [6.45, 7) is 9.71. The second-order valence-corrected chi connectivity index (χ2v) is 10.5. The van der Waals surface area contributed by atoms with E-state index in [0.717, 1.165) is 5.57 Å². The molecule has 0 fully saturated rings. The molecule has 3 N–H and O–H groups in total. The molecular formula is C30H33N7O3. The van der Waals surface area contributed by atoms with Crippen molar-refractivity contribution in [3.8, 4) is 23.3 Å². The fraction of sp³-hybridized carbons (Fsp3) is 0.300. The van der Waals surface area contributed by atoms with Crippen LogP contribution in [-0.2, 0) is 11.3 Å². The number of rotatable bonds is 9. The third kappa shape index (κ3) is 5.89. The quantitative estimate of drug-likeness (QED) is 0.296. The summed E-state index contributed by atoms with van der Waals surface area (Å²) < 4.78 is 8.93. The van der Waals surface area contributed by atoms with E-state index < -0.39 is 5.41 Å². The standard InChI is InChI=1S/C30H33N7O3/c1-19(15-31)20(2)21(3)28(38)33-16-30(4,5)17-36-27-25(26(32)34-18-35-27)37(29(36)39)22-11-13-24(14-12-22)40-23-9-7-6-8-10-23/h6-14,18-19H,16-17H2,1-5H3,(H,33,38)(H2,32,34,35). The highest BCUT2D eigenvalue weighted by molar-refractivity contribution is 5.93. The molecule has 10 heteroatoms. The lowest BCUT2D eigenvalue weighted by atomic mass is 9.92. The van der Waals surface area contributed by atoms with E-state index in [9.17, 15) is 14.9 Å². The number of benzene rings is 2. The first kappa shape index (κ1) is 28.1. The van der Waals surface area contributed by atoms with Crippen molar-refractivity contribution in [1.29, 1.82) is 5.26 Å². The number of allylic oxidation sites excluding steroid dienone is 1. The number of fused-ring (bicyclic) bond motifs is 1. The summed E-state index contributed by atoms with van der Waals surface area (Å²) in [5.41, 5.74) is 8.01. The number of carbonyl (C=O) groups is 1. The average Bonchev–Trinajstić information content (AvgIpc) is 3.23. The van der Waals surface area contributed by atoms with Crippen LogP contribution < -0.4 is 21.5 Å². The molecule has 0 aliphatic carbocycles. The van der Waals surface area contributed by atoms with Gasteiger partial charge in [0, 0.05) is 24.1 Å². The molecule has 1 atom stereocenters. The zero-order valence-corrected chi connectivity index (χ0v) is 23.3. The van der Waals surface area contributed by atoms with E-state index in [2.05, 4.69) is 21.4 Å². The summed E-state index contributed by atoms with van der Waals surface area (Å²) in [7, 11) is 0. The molecule has 1 amide bonds. The fourth-order valence-corrected chi connectivity index (χ4v) is 4.31. The largest absolute Gasteiger partial charge is 0.457 e. The number of nitrogen functional groups attached to an aromatic ring is 1. The minimum absolute atomic E-state index is 0.180. The second kappa shape index (κ2) is 11.5. The first-order valence-corrected chi connectivity index (χ1v) is 12.9. The van der Waals surface area contributed by atoms with Crippen molar-refractivity contribution in [2.75, 3.05) is 12.3 Å². The van der Waals surface area contributed by atoms with Gasteiger partial charge in [0.1, 0.15) is 23.3 Å². The molecule has 10 nitrogen and oxygen atoms in total. The van der Waals surface area contributed by atoms with Crippen LogP contribution in [0.4, 0.5) is 5.82 Å². The van der Waals surface area contributed by atoms with Gasteiger partial charge in [-0.2, -0.15) is 5.26 Å². The topological polar surface area (TPSA) is 141 Å². The normalized spacial score (nSPS) is 12.9. The Labute approximate surface area is 232 Å². The van der Waals surface area contributed by atoms with E-state index in [0.29, 0.717) is 40.5 Å². The van der Waals surface area contributed by atoms with Gasteiger partial charge in [0.25, 0.3) is 0 Å². The molecule has 40 heavy (non-hydrogen) atoms. The van der Waals surface area contributed by atoms with Crippen LogP contribution in [0.2, 0.25) is 0 Å². The average molecular weight is 540 g/mol. The molecule has 0 aliphatic rings. The number of anilines is 1. The minimum atomic E-state index is -0.527. The van der Waals surface area contributed by atoms with E-state index in [1.807, 2.05) is 44.2 Å². The predicted octanol–water partition coefficient (Wildman–Crippen LogP) is 4.60. The number of nitrogens with one attached hydrogen (secondary N) is 1.